The third-order valence-electron chi connectivity index (χ3n) is 3.83. The molecular weight excluding hydrogens is 294 g/mol. The van der Waals surface area contributed by atoms with E-state index in [1.54, 1.807) is 19.2 Å². The molecule has 1 aromatic carbocycles. The van der Waals surface area contributed by atoms with Gasteiger partial charge >= 0.3 is 5.97 Å². The Morgan fingerprint density at radius 2 is 1.83 bits per heavy atom. The van der Waals surface area contributed by atoms with Crippen molar-refractivity contribution in [3.8, 4) is 0 Å². The second-order valence-electron chi connectivity index (χ2n) is 5.40. The summed E-state index contributed by atoms with van der Waals surface area (Å²) < 4.78 is 4.80. The van der Waals surface area contributed by atoms with Gasteiger partial charge in [0.25, 0.3) is 5.91 Å². The maximum absolute atomic E-state index is 12.6. The van der Waals surface area contributed by atoms with Crippen molar-refractivity contribution in [1.29, 1.82) is 0 Å². The summed E-state index contributed by atoms with van der Waals surface area (Å²) in [5, 5.41) is 5.73. The number of nitrogens with zero attached hydrogens (tertiary/aromatic N) is 1. The highest BCUT2D eigenvalue weighted by Gasteiger charge is 2.25. The van der Waals surface area contributed by atoms with E-state index in [2.05, 4.69) is 15.5 Å². The number of esters is 1. The van der Waals surface area contributed by atoms with Crippen molar-refractivity contribution < 1.29 is 14.3 Å². The van der Waals surface area contributed by atoms with E-state index >= 15 is 0 Å². The lowest BCUT2D eigenvalue weighted by atomic mass is 10.1. The molecule has 2 rings (SSSR count). The van der Waals surface area contributed by atoms with Crippen LogP contribution >= 0.6 is 0 Å². The van der Waals surface area contributed by atoms with Crippen LogP contribution in [0.3, 0.4) is 0 Å². The van der Waals surface area contributed by atoms with Crippen LogP contribution in [0.25, 0.3) is 0 Å². The van der Waals surface area contributed by atoms with Crippen LogP contribution in [0.15, 0.2) is 41.6 Å². The van der Waals surface area contributed by atoms with E-state index in [4.69, 9.17) is 4.74 Å². The molecule has 0 bridgehead atoms. The van der Waals surface area contributed by atoms with Crippen molar-refractivity contribution in [3.05, 3.63) is 41.6 Å². The van der Waals surface area contributed by atoms with Gasteiger partial charge in [0, 0.05) is 25.0 Å². The predicted octanol–water partition coefficient (Wildman–Crippen LogP) is 1.37. The molecule has 23 heavy (non-hydrogen) atoms. The van der Waals surface area contributed by atoms with E-state index in [0.717, 1.165) is 25.9 Å². The number of carbonyl (C=O) groups is 2. The van der Waals surface area contributed by atoms with Crippen molar-refractivity contribution in [1.82, 2.24) is 10.2 Å². The summed E-state index contributed by atoms with van der Waals surface area (Å²) in [4.78, 5) is 26.9. The summed E-state index contributed by atoms with van der Waals surface area (Å²) in [6.45, 7) is 2.48. The number of methoxy groups -OCH3 is 1. The quantitative estimate of drug-likeness (QED) is 0.359. The van der Waals surface area contributed by atoms with E-state index in [0.29, 0.717) is 17.9 Å². The van der Waals surface area contributed by atoms with Crippen LogP contribution in [0.1, 0.15) is 12.8 Å². The van der Waals surface area contributed by atoms with Crippen LogP contribution in [-0.2, 0) is 14.3 Å². The molecule has 1 heterocycles. The Labute approximate surface area is 136 Å². The second kappa shape index (κ2) is 8.33. The molecule has 0 atom stereocenters. The number of hydrogen-bond donors (Lipinski definition) is 2. The number of benzene rings is 1. The van der Waals surface area contributed by atoms with Crippen molar-refractivity contribution in [3.63, 3.8) is 0 Å². The zero-order valence-electron chi connectivity index (χ0n) is 13.6. The first-order valence-corrected chi connectivity index (χ1v) is 7.73. The zero-order chi connectivity index (χ0) is 16.7. The SMILES string of the molecule is CN/C(CN1CCCC1)=C(\C(=O)Nc1ccccc1)C(=O)OC. The molecule has 6 heteroatoms. The predicted molar refractivity (Wildman–Crippen MR) is 88.8 cm³/mol. The van der Waals surface area contributed by atoms with Gasteiger partial charge in [0.2, 0.25) is 0 Å². The molecule has 0 radical (unpaired) electrons. The van der Waals surface area contributed by atoms with Crippen LogP contribution in [-0.4, -0.2) is 50.6 Å². The molecule has 6 nitrogen and oxygen atoms in total. The van der Waals surface area contributed by atoms with Crippen LogP contribution in [0.5, 0.6) is 0 Å². The standard InChI is InChI=1S/C17H23N3O3/c1-18-14(12-20-10-6-7-11-20)15(17(22)23-2)16(21)19-13-8-4-3-5-9-13/h3-5,8-9,18H,6-7,10-12H2,1-2H3,(H,19,21)/b15-14+. The van der Waals surface area contributed by atoms with Gasteiger partial charge in [0.05, 0.1) is 7.11 Å². The smallest absolute Gasteiger partial charge is 0.345 e. The van der Waals surface area contributed by atoms with Crippen molar-refractivity contribution in [2.24, 2.45) is 0 Å². The Morgan fingerprint density at radius 1 is 1.17 bits per heavy atom. The fourth-order valence-corrected chi connectivity index (χ4v) is 2.62. The van der Waals surface area contributed by atoms with E-state index in [1.165, 1.54) is 7.11 Å². The highest BCUT2D eigenvalue weighted by atomic mass is 16.5. The van der Waals surface area contributed by atoms with Gasteiger partial charge in [-0.05, 0) is 38.1 Å². The van der Waals surface area contributed by atoms with Crippen molar-refractivity contribution >= 4 is 17.6 Å². The monoisotopic (exact) mass is 317 g/mol. The summed E-state index contributed by atoms with van der Waals surface area (Å²) in [5.41, 5.74) is 1.23. The van der Waals surface area contributed by atoms with Gasteiger partial charge < -0.3 is 15.4 Å². The number of ether oxygens (including phenoxy) is 1. The van der Waals surface area contributed by atoms with Gasteiger partial charge in [0.15, 0.2) is 0 Å². The van der Waals surface area contributed by atoms with E-state index < -0.39 is 11.9 Å². The molecule has 1 aliphatic rings. The number of para-hydroxylation sites is 1. The number of carbonyl (C=O) groups excluding carboxylic acids is 2. The molecular formula is C17H23N3O3. The average molecular weight is 317 g/mol. The first-order chi connectivity index (χ1) is 11.2. The second-order valence-corrected chi connectivity index (χ2v) is 5.40. The Morgan fingerprint density at radius 3 is 2.39 bits per heavy atom. The van der Waals surface area contributed by atoms with E-state index in [-0.39, 0.29) is 5.57 Å². The van der Waals surface area contributed by atoms with Crippen LogP contribution in [0.2, 0.25) is 0 Å². The topological polar surface area (TPSA) is 70.7 Å². The number of likely N-dealkylation sites (tertiary alicyclic amines) is 1. The van der Waals surface area contributed by atoms with Gasteiger partial charge in [0.1, 0.15) is 5.57 Å². The molecule has 1 aromatic rings. The minimum absolute atomic E-state index is 0.0192. The lowest BCUT2D eigenvalue weighted by molar-refractivity contribution is -0.137. The molecule has 0 aliphatic carbocycles. The minimum atomic E-state index is -0.637. The van der Waals surface area contributed by atoms with Gasteiger partial charge in [-0.2, -0.15) is 0 Å². The highest BCUT2D eigenvalue weighted by Crippen LogP contribution is 2.14. The number of rotatable bonds is 6. The maximum atomic E-state index is 12.6. The Kier molecular flexibility index (Phi) is 6.17. The number of likely N-dealkylation sites (N-methyl/N-ethyl adjacent to an activating group) is 1. The highest BCUT2D eigenvalue weighted by molar-refractivity contribution is 6.21. The third kappa shape index (κ3) is 4.56. The molecule has 1 aliphatic heterocycles. The lowest BCUT2D eigenvalue weighted by Gasteiger charge is -2.19. The summed E-state index contributed by atoms with van der Waals surface area (Å²) in [5.74, 6) is -1.10. The number of anilines is 1. The summed E-state index contributed by atoms with van der Waals surface area (Å²) in [6, 6.07) is 9.04. The van der Waals surface area contributed by atoms with E-state index in [9.17, 15) is 9.59 Å². The van der Waals surface area contributed by atoms with Crippen LogP contribution < -0.4 is 10.6 Å². The molecule has 1 amide bonds. The Hall–Kier alpha value is -2.34. The largest absolute Gasteiger partial charge is 0.465 e. The summed E-state index contributed by atoms with van der Waals surface area (Å²) in [6.07, 6.45) is 2.28. The van der Waals surface area contributed by atoms with Crippen LogP contribution in [0.4, 0.5) is 5.69 Å². The fourth-order valence-electron chi connectivity index (χ4n) is 2.62. The normalized spacial score (nSPS) is 15.7. The Balaban J connectivity index is 2.24. The molecule has 0 saturated carbocycles. The lowest BCUT2D eigenvalue weighted by Crippen LogP contribution is -2.33. The fraction of sp³-hybridized carbons (Fsp3) is 0.412. The molecule has 0 spiro atoms. The molecule has 124 valence electrons. The third-order valence-corrected chi connectivity index (χ3v) is 3.83. The summed E-state index contributed by atoms with van der Waals surface area (Å²) >= 11 is 0. The Bertz CT molecular complexity index is 578. The number of nitrogens with one attached hydrogen (secondary N) is 2. The van der Waals surface area contributed by atoms with Crippen LogP contribution in [0, 0.1) is 0 Å². The van der Waals surface area contributed by atoms with Gasteiger partial charge in [-0.3, -0.25) is 9.69 Å². The number of amides is 1. The van der Waals surface area contributed by atoms with Gasteiger partial charge in [-0.25, -0.2) is 4.79 Å². The first kappa shape index (κ1) is 17.0. The van der Waals surface area contributed by atoms with Gasteiger partial charge in [-0.15, -0.1) is 0 Å². The van der Waals surface area contributed by atoms with Crippen molar-refractivity contribution in [2.45, 2.75) is 12.8 Å². The zero-order valence-corrected chi connectivity index (χ0v) is 13.6. The molecule has 0 aromatic heterocycles. The molecule has 1 saturated heterocycles. The van der Waals surface area contributed by atoms with Crippen molar-refractivity contribution in [2.75, 3.05) is 39.1 Å². The molecule has 0 unspecified atom stereocenters. The number of hydrogen-bond acceptors (Lipinski definition) is 5. The maximum Gasteiger partial charge on any atom is 0.345 e. The van der Waals surface area contributed by atoms with Gasteiger partial charge in [-0.1, -0.05) is 18.2 Å². The molecule has 1 fully saturated rings. The summed E-state index contributed by atoms with van der Waals surface area (Å²) in [7, 11) is 2.99. The minimum Gasteiger partial charge on any atom is -0.465 e. The van der Waals surface area contributed by atoms with E-state index in [1.807, 2.05) is 18.2 Å². The first-order valence-electron chi connectivity index (χ1n) is 7.73. The molecule has 2 N–H and O–H groups in total. The average Bonchev–Trinajstić information content (AvgIpc) is 3.07.